The Morgan fingerprint density at radius 1 is 1.03 bits per heavy atom. The van der Waals surface area contributed by atoms with Gasteiger partial charge in [0, 0.05) is 48.0 Å². The van der Waals surface area contributed by atoms with E-state index >= 15 is 0 Å². The number of piperidine rings is 1. The van der Waals surface area contributed by atoms with Gasteiger partial charge in [-0.25, -0.2) is 0 Å². The van der Waals surface area contributed by atoms with Crippen molar-refractivity contribution < 1.29 is 19.2 Å². The van der Waals surface area contributed by atoms with Crippen molar-refractivity contribution >= 4 is 46.6 Å². The van der Waals surface area contributed by atoms with Gasteiger partial charge in [-0.3, -0.25) is 19.2 Å². The van der Waals surface area contributed by atoms with Crippen molar-refractivity contribution in [3.8, 4) is 0 Å². The van der Waals surface area contributed by atoms with Gasteiger partial charge in [-0.1, -0.05) is 11.6 Å². The van der Waals surface area contributed by atoms with E-state index in [0.29, 0.717) is 42.3 Å². The van der Waals surface area contributed by atoms with Gasteiger partial charge < -0.3 is 25.8 Å². The van der Waals surface area contributed by atoms with E-state index in [9.17, 15) is 19.2 Å². The highest BCUT2D eigenvalue weighted by Gasteiger charge is 2.25. The number of benzene rings is 2. The van der Waals surface area contributed by atoms with Gasteiger partial charge in [0.2, 0.25) is 17.7 Å². The lowest BCUT2D eigenvalue weighted by atomic mass is 10.1. The molecule has 0 unspecified atom stereocenters. The van der Waals surface area contributed by atoms with Gasteiger partial charge in [-0.2, -0.15) is 0 Å². The van der Waals surface area contributed by atoms with E-state index in [4.69, 9.17) is 11.6 Å². The van der Waals surface area contributed by atoms with Crippen molar-refractivity contribution in [2.75, 3.05) is 43.9 Å². The van der Waals surface area contributed by atoms with Crippen LogP contribution in [0.15, 0.2) is 48.5 Å². The molecule has 0 aromatic heterocycles. The zero-order chi connectivity index (χ0) is 26.1. The van der Waals surface area contributed by atoms with Crippen LogP contribution < -0.4 is 20.9 Å². The van der Waals surface area contributed by atoms with E-state index in [2.05, 4.69) is 16.0 Å². The number of amides is 4. The van der Waals surface area contributed by atoms with E-state index in [0.717, 1.165) is 18.5 Å². The highest BCUT2D eigenvalue weighted by Crippen LogP contribution is 2.21. The number of halogens is 1. The number of nitrogens with zero attached hydrogens (tertiary/aromatic N) is 2. The van der Waals surface area contributed by atoms with E-state index < -0.39 is 23.8 Å². The summed E-state index contributed by atoms with van der Waals surface area (Å²) in [5, 5.41) is 8.70. The summed E-state index contributed by atoms with van der Waals surface area (Å²) < 4.78 is 0. The SMILES string of the molecule is CN(C)CCNC(=O)[C@H](CC(=O)Nc1ccc(Cl)cc1)NC(=O)c1ccc(N2CCCCC2=O)cc1. The molecule has 1 saturated heterocycles. The molecule has 2 aromatic rings. The molecule has 3 N–H and O–H groups in total. The molecule has 0 saturated carbocycles. The summed E-state index contributed by atoms with van der Waals surface area (Å²) >= 11 is 5.89. The first kappa shape index (κ1) is 27.2. The van der Waals surface area contributed by atoms with Crippen LogP contribution in [0.5, 0.6) is 0 Å². The Balaban J connectivity index is 1.67. The first-order valence-electron chi connectivity index (χ1n) is 11.9. The predicted molar refractivity (Wildman–Crippen MR) is 140 cm³/mol. The van der Waals surface area contributed by atoms with Crippen LogP contribution in [0.1, 0.15) is 36.0 Å². The van der Waals surface area contributed by atoms with Gasteiger partial charge in [0.1, 0.15) is 6.04 Å². The van der Waals surface area contributed by atoms with Gasteiger partial charge in [-0.15, -0.1) is 0 Å². The fourth-order valence-corrected chi connectivity index (χ4v) is 3.91. The first-order chi connectivity index (χ1) is 17.2. The Morgan fingerprint density at radius 3 is 2.36 bits per heavy atom. The molecule has 192 valence electrons. The second-order valence-corrected chi connectivity index (χ2v) is 9.37. The van der Waals surface area contributed by atoms with Gasteiger partial charge >= 0.3 is 0 Å². The molecule has 10 heteroatoms. The third-order valence-electron chi connectivity index (χ3n) is 5.76. The summed E-state index contributed by atoms with van der Waals surface area (Å²) in [6.07, 6.45) is 2.10. The number of rotatable bonds is 10. The van der Waals surface area contributed by atoms with Crippen molar-refractivity contribution in [2.45, 2.75) is 31.7 Å². The molecule has 0 spiro atoms. The number of nitrogens with one attached hydrogen (secondary N) is 3. The third-order valence-corrected chi connectivity index (χ3v) is 6.01. The summed E-state index contributed by atoms with van der Waals surface area (Å²) in [7, 11) is 3.76. The zero-order valence-electron chi connectivity index (χ0n) is 20.6. The van der Waals surface area contributed by atoms with E-state index in [1.54, 1.807) is 53.4 Å². The minimum absolute atomic E-state index is 0.0691. The molecule has 4 amide bonds. The molecule has 36 heavy (non-hydrogen) atoms. The zero-order valence-corrected chi connectivity index (χ0v) is 21.3. The van der Waals surface area contributed by atoms with Crippen molar-refractivity contribution in [3.63, 3.8) is 0 Å². The average Bonchev–Trinajstić information content (AvgIpc) is 2.85. The van der Waals surface area contributed by atoms with Crippen LogP contribution in [0, 0.1) is 0 Å². The molecular weight excluding hydrogens is 482 g/mol. The predicted octanol–water partition coefficient (Wildman–Crippen LogP) is 2.66. The minimum Gasteiger partial charge on any atom is -0.353 e. The maximum Gasteiger partial charge on any atom is 0.251 e. The molecule has 1 atom stereocenters. The fraction of sp³-hybridized carbons (Fsp3) is 0.385. The van der Waals surface area contributed by atoms with Crippen LogP contribution in [0.25, 0.3) is 0 Å². The maximum absolute atomic E-state index is 12.9. The van der Waals surface area contributed by atoms with Crippen LogP contribution >= 0.6 is 11.6 Å². The van der Waals surface area contributed by atoms with Gasteiger partial charge in [-0.05, 0) is 75.5 Å². The Kier molecular flexibility index (Phi) is 9.84. The number of anilines is 2. The molecule has 0 aliphatic carbocycles. The number of likely N-dealkylation sites (N-methyl/N-ethyl adjacent to an activating group) is 1. The fourth-order valence-electron chi connectivity index (χ4n) is 3.78. The largest absolute Gasteiger partial charge is 0.353 e. The number of hydrogen-bond donors (Lipinski definition) is 3. The smallest absolute Gasteiger partial charge is 0.251 e. The van der Waals surface area contributed by atoms with Crippen LogP contribution in [0.3, 0.4) is 0 Å². The average molecular weight is 514 g/mol. The quantitative estimate of drug-likeness (QED) is 0.452. The Morgan fingerprint density at radius 2 is 1.72 bits per heavy atom. The lowest BCUT2D eigenvalue weighted by Gasteiger charge is -2.26. The molecule has 0 bridgehead atoms. The number of carbonyl (C=O) groups is 4. The number of hydrogen-bond acceptors (Lipinski definition) is 5. The maximum atomic E-state index is 12.9. The topological polar surface area (TPSA) is 111 Å². The lowest BCUT2D eigenvalue weighted by Crippen LogP contribution is -2.49. The van der Waals surface area contributed by atoms with E-state index in [-0.39, 0.29) is 12.3 Å². The van der Waals surface area contributed by atoms with Crippen molar-refractivity contribution in [1.29, 1.82) is 0 Å². The highest BCUT2D eigenvalue weighted by atomic mass is 35.5. The molecule has 3 rings (SSSR count). The van der Waals surface area contributed by atoms with E-state index in [1.807, 2.05) is 19.0 Å². The molecule has 2 aromatic carbocycles. The molecule has 1 heterocycles. The van der Waals surface area contributed by atoms with Gasteiger partial charge in [0.05, 0.1) is 6.42 Å². The Hall–Kier alpha value is -3.43. The molecule has 9 nitrogen and oxygen atoms in total. The first-order valence-corrected chi connectivity index (χ1v) is 12.3. The molecule has 1 aliphatic rings. The van der Waals surface area contributed by atoms with Crippen molar-refractivity contribution in [3.05, 3.63) is 59.1 Å². The summed E-state index contributed by atoms with van der Waals surface area (Å²) in [6, 6.07) is 12.2. The van der Waals surface area contributed by atoms with Crippen molar-refractivity contribution in [1.82, 2.24) is 15.5 Å². The molecular formula is C26H32ClN5O4. The van der Waals surface area contributed by atoms with Gasteiger partial charge in [0.15, 0.2) is 0 Å². The van der Waals surface area contributed by atoms with Crippen LogP contribution in [0.2, 0.25) is 5.02 Å². The lowest BCUT2D eigenvalue weighted by molar-refractivity contribution is -0.126. The molecule has 0 radical (unpaired) electrons. The Bertz CT molecular complexity index is 1070. The third kappa shape index (κ3) is 8.07. The monoisotopic (exact) mass is 513 g/mol. The minimum atomic E-state index is -1.07. The summed E-state index contributed by atoms with van der Waals surface area (Å²) in [4.78, 5) is 54.2. The van der Waals surface area contributed by atoms with E-state index in [1.165, 1.54) is 0 Å². The normalized spacial score (nSPS) is 14.3. The van der Waals surface area contributed by atoms with Gasteiger partial charge in [0.25, 0.3) is 5.91 Å². The standard InChI is InChI=1S/C26H32ClN5O4/c1-31(2)16-14-28-26(36)22(17-23(33)29-20-10-8-19(27)9-11-20)30-25(35)18-6-12-21(13-7-18)32-15-4-3-5-24(32)34/h6-13,22H,3-5,14-17H2,1-2H3,(H,28,36)(H,29,33)(H,30,35)/t22-/m0/s1. The summed E-state index contributed by atoms with van der Waals surface area (Å²) in [5.41, 5.74) is 1.59. The number of carbonyl (C=O) groups excluding carboxylic acids is 4. The second kappa shape index (κ2) is 13.0. The van der Waals surface area contributed by atoms with Crippen LogP contribution in [-0.4, -0.2) is 68.3 Å². The summed E-state index contributed by atoms with van der Waals surface area (Å²) in [6.45, 7) is 1.64. The van der Waals surface area contributed by atoms with Crippen LogP contribution in [-0.2, 0) is 14.4 Å². The highest BCUT2D eigenvalue weighted by molar-refractivity contribution is 6.30. The van der Waals surface area contributed by atoms with Crippen LogP contribution in [0.4, 0.5) is 11.4 Å². The summed E-state index contributed by atoms with van der Waals surface area (Å²) in [5.74, 6) is -1.30. The van der Waals surface area contributed by atoms with Crippen molar-refractivity contribution in [2.24, 2.45) is 0 Å². The Labute approximate surface area is 216 Å². The molecule has 1 aliphatic heterocycles. The second-order valence-electron chi connectivity index (χ2n) is 8.93. The molecule has 1 fully saturated rings.